The van der Waals surface area contributed by atoms with Crippen LogP contribution in [0, 0.1) is 0 Å². The molecule has 2 rings (SSSR count). The summed E-state index contributed by atoms with van der Waals surface area (Å²) >= 11 is 0. The fourth-order valence-corrected chi connectivity index (χ4v) is 1.82. The minimum absolute atomic E-state index is 0.104. The van der Waals surface area contributed by atoms with Crippen molar-refractivity contribution >= 4 is 5.69 Å². The SMILES string of the molecule is COCc1cccc(NCc2ccc(O)c(O)c2)c1. The van der Waals surface area contributed by atoms with E-state index in [4.69, 9.17) is 4.74 Å². The normalized spacial score (nSPS) is 10.4. The summed E-state index contributed by atoms with van der Waals surface area (Å²) in [4.78, 5) is 0. The molecule has 4 nitrogen and oxygen atoms in total. The molecule has 0 aromatic heterocycles. The summed E-state index contributed by atoms with van der Waals surface area (Å²) < 4.78 is 5.09. The highest BCUT2D eigenvalue weighted by Gasteiger charge is 2.01. The molecule has 0 bridgehead atoms. The molecule has 0 amide bonds. The summed E-state index contributed by atoms with van der Waals surface area (Å²) in [6, 6.07) is 12.7. The first-order chi connectivity index (χ1) is 9.19. The average Bonchev–Trinajstić information content (AvgIpc) is 2.41. The molecular formula is C15H17NO3. The second-order valence-corrected chi connectivity index (χ2v) is 4.31. The Balaban J connectivity index is 2.01. The first-order valence-electron chi connectivity index (χ1n) is 6.01. The second-order valence-electron chi connectivity index (χ2n) is 4.31. The molecular weight excluding hydrogens is 242 g/mol. The first kappa shape index (κ1) is 13.2. The van der Waals surface area contributed by atoms with Crippen LogP contribution in [0.5, 0.6) is 11.5 Å². The van der Waals surface area contributed by atoms with E-state index in [1.54, 1.807) is 19.2 Å². The first-order valence-corrected chi connectivity index (χ1v) is 6.01. The lowest BCUT2D eigenvalue weighted by molar-refractivity contribution is 0.185. The summed E-state index contributed by atoms with van der Waals surface area (Å²) in [7, 11) is 1.67. The maximum Gasteiger partial charge on any atom is 0.157 e. The monoisotopic (exact) mass is 259 g/mol. The Labute approximate surface area is 112 Å². The Morgan fingerprint density at radius 3 is 2.58 bits per heavy atom. The molecule has 19 heavy (non-hydrogen) atoms. The fraction of sp³-hybridized carbons (Fsp3) is 0.200. The Kier molecular flexibility index (Phi) is 4.26. The smallest absolute Gasteiger partial charge is 0.157 e. The predicted molar refractivity (Wildman–Crippen MR) is 74.3 cm³/mol. The van der Waals surface area contributed by atoms with Crippen molar-refractivity contribution in [3.8, 4) is 11.5 Å². The molecule has 0 spiro atoms. The highest BCUT2D eigenvalue weighted by molar-refractivity contribution is 5.47. The quantitative estimate of drug-likeness (QED) is 0.722. The summed E-state index contributed by atoms with van der Waals surface area (Å²) in [5.74, 6) is -0.210. The van der Waals surface area contributed by atoms with Crippen LogP contribution in [0.15, 0.2) is 42.5 Å². The van der Waals surface area contributed by atoms with Crippen LogP contribution in [0.4, 0.5) is 5.69 Å². The van der Waals surface area contributed by atoms with Gasteiger partial charge in [0.25, 0.3) is 0 Å². The number of anilines is 1. The number of methoxy groups -OCH3 is 1. The lowest BCUT2D eigenvalue weighted by Crippen LogP contribution is -2.00. The van der Waals surface area contributed by atoms with E-state index in [1.807, 2.05) is 24.3 Å². The topological polar surface area (TPSA) is 61.7 Å². The molecule has 4 heteroatoms. The van der Waals surface area contributed by atoms with Crippen molar-refractivity contribution in [2.45, 2.75) is 13.2 Å². The Morgan fingerprint density at radius 2 is 1.84 bits per heavy atom. The van der Waals surface area contributed by atoms with Crippen molar-refractivity contribution in [2.75, 3.05) is 12.4 Å². The van der Waals surface area contributed by atoms with E-state index in [9.17, 15) is 10.2 Å². The fourth-order valence-electron chi connectivity index (χ4n) is 1.82. The van der Waals surface area contributed by atoms with Gasteiger partial charge in [-0.05, 0) is 35.4 Å². The van der Waals surface area contributed by atoms with Crippen LogP contribution in [-0.4, -0.2) is 17.3 Å². The van der Waals surface area contributed by atoms with Crippen LogP contribution in [-0.2, 0) is 17.9 Å². The summed E-state index contributed by atoms with van der Waals surface area (Å²) in [6.07, 6.45) is 0. The number of phenolic OH excluding ortho intramolecular Hbond substituents is 2. The molecule has 0 fully saturated rings. The molecule has 0 atom stereocenters. The van der Waals surface area contributed by atoms with Gasteiger partial charge < -0.3 is 20.3 Å². The number of benzene rings is 2. The summed E-state index contributed by atoms with van der Waals surface area (Å²) in [5.41, 5.74) is 2.98. The Bertz CT molecular complexity index is 555. The molecule has 0 radical (unpaired) electrons. The molecule has 2 aromatic carbocycles. The molecule has 0 unspecified atom stereocenters. The molecule has 0 aliphatic carbocycles. The lowest BCUT2D eigenvalue weighted by Gasteiger charge is -2.09. The van der Waals surface area contributed by atoms with Gasteiger partial charge in [-0.15, -0.1) is 0 Å². The number of phenols is 2. The van der Waals surface area contributed by atoms with Gasteiger partial charge in [0.05, 0.1) is 6.61 Å². The van der Waals surface area contributed by atoms with Crippen molar-refractivity contribution < 1.29 is 14.9 Å². The lowest BCUT2D eigenvalue weighted by atomic mass is 10.1. The molecule has 0 aliphatic heterocycles. The highest BCUT2D eigenvalue weighted by atomic mass is 16.5. The van der Waals surface area contributed by atoms with E-state index in [0.29, 0.717) is 13.2 Å². The van der Waals surface area contributed by atoms with E-state index in [1.165, 1.54) is 6.07 Å². The number of hydrogen-bond donors (Lipinski definition) is 3. The number of nitrogens with one attached hydrogen (secondary N) is 1. The minimum Gasteiger partial charge on any atom is -0.504 e. The average molecular weight is 259 g/mol. The molecule has 0 aliphatic rings. The van der Waals surface area contributed by atoms with Crippen molar-refractivity contribution in [1.82, 2.24) is 0 Å². The highest BCUT2D eigenvalue weighted by Crippen LogP contribution is 2.25. The van der Waals surface area contributed by atoms with Crippen LogP contribution in [0.3, 0.4) is 0 Å². The molecule has 0 saturated heterocycles. The molecule has 2 aromatic rings. The van der Waals surface area contributed by atoms with Crippen molar-refractivity contribution in [3.63, 3.8) is 0 Å². The van der Waals surface area contributed by atoms with Gasteiger partial charge in [-0.25, -0.2) is 0 Å². The van der Waals surface area contributed by atoms with Gasteiger partial charge in [-0.3, -0.25) is 0 Å². The minimum atomic E-state index is -0.106. The van der Waals surface area contributed by atoms with Gasteiger partial charge in [0.15, 0.2) is 11.5 Å². The van der Waals surface area contributed by atoms with Crippen molar-refractivity contribution in [2.24, 2.45) is 0 Å². The number of aromatic hydroxyl groups is 2. The summed E-state index contributed by atoms with van der Waals surface area (Å²) in [5, 5.41) is 21.9. The van der Waals surface area contributed by atoms with Crippen LogP contribution in [0.1, 0.15) is 11.1 Å². The van der Waals surface area contributed by atoms with Gasteiger partial charge in [0, 0.05) is 19.3 Å². The molecule has 3 N–H and O–H groups in total. The van der Waals surface area contributed by atoms with E-state index in [-0.39, 0.29) is 11.5 Å². The number of hydrogen-bond acceptors (Lipinski definition) is 4. The standard InChI is InChI=1S/C15H17NO3/c1-19-10-12-3-2-4-13(7-12)16-9-11-5-6-14(17)15(18)8-11/h2-8,16-18H,9-10H2,1H3. The van der Waals surface area contributed by atoms with E-state index in [0.717, 1.165) is 16.8 Å². The van der Waals surface area contributed by atoms with Crippen LogP contribution in [0.2, 0.25) is 0 Å². The maximum atomic E-state index is 9.42. The van der Waals surface area contributed by atoms with Gasteiger partial charge in [-0.1, -0.05) is 18.2 Å². The third-order valence-electron chi connectivity index (χ3n) is 2.77. The largest absolute Gasteiger partial charge is 0.504 e. The third-order valence-corrected chi connectivity index (χ3v) is 2.77. The third kappa shape index (κ3) is 3.63. The van der Waals surface area contributed by atoms with Gasteiger partial charge in [0.1, 0.15) is 0 Å². The van der Waals surface area contributed by atoms with E-state index in [2.05, 4.69) is 5.32 Å². The Hall–Kier alpha value is -2.20. The molecule has 0 heterocycles. The number of ether oxygens (including phenoxy) is 1. The van der Waals surface area contributed by atoms with Gasteiger partial charge >= 0.3 is 0 Å². The van der Waals surface area contributed by atoms with E-state index < -0.39 is 0 Å². The molecule has 0 saturated carbocycles. The van der Waals surface area contributed by atoms with Crippen LogP contribution >= 0.6 is 0 Å². The maximum absolute atomic E-state index is 9.42. The van der Waals surface area contributed by atoms with Gasteiger partial charge in [0.2, 0.25) is 0 Å². The van der Waals surface area contributed by atoms with Crippen molar-refractivity contribution in [1.29, 1.82) is 0 Å². The van der Waals surface area contributed by atoms with Crippen LogP contribution in [0.25, 0.3) is 0 Å². The van der Waals surface area contributed by atoms with Gasteiger partial charge in [-0.2, -0.15) is 0 Å². The number of rotatable bonds is 5. The predicted octanol–water partition coefficient (Wildman–Crippen LogP) is 2.86. The zero-order valence-electron chi connectivity index (χ0n) is 10.8. The molecule has 100 valence electrons. The van der Waals surface area contributed by atoms with E-state index >= 15 is 0 Å². The van der Waals surface area contributed by atoms with Crippen LogP contribution < -0.4 is 5.32 Å². The van der Waals surface area contributed by atoms with Crippen molar-refractivity contribution in [3.05, 3.63) is 53.6 Å². The zero-order chi connectivity index (χ0) is 13.7. The Morgan fingerprint density at radius 1 is 1.00 bits per heavy atom. The summed E-state index contributed by atoms with van der Waals surface area (Å²) in [6.45, 7) is 1.15. The second kappa shape index (κ2) is 6.11. The zero-order valence-corrected chi connectivity index (χ0v) is 10.8.